The first-order valence-electron chi connectivity index (χ1n) is 12.3. The lowest BCUT2D eigenvalue weighted by atomic mass is 10.0. The number of carbonyl (C=O) groups excluding carboxylic acids is 2. The molecule has 3 aromatic carbocycles. The summed E-state index contributed by atoms with van der Waals surface area (Å²) in [7, 11) is 3.90. The van der Waals surface area contributed by atoms with Gasteiger partial charge in [-0.15, -0.1) is 0 Å². The van der Waals surface area contributed by atoms with Gasteiger partial charge in [-0.25, -0.2) is 4.39 Å². The fourth-order valence-corrected chi connectivity index (χ4v) is 3.75. The molecule has 0 radical (unpaired) electrons. The third kappa shape index (κ3) is 6.35. The number of rotatable bonds is 8. The number of carbonyl (C=O) groups is 2. The van der Waals surface area contributed by atoms with Gasteiger partial charge in [0.2, 0.25) is 0 Å². The van der Waals surface area contributed by atoms with Gasteiger partial charge in [0.05, 0.1) is 19.8 Å². The minimum absolute atomic E-state index is 0.0487. The van der Waals surface area contributed by atoms with E-state index in [9.17, 15) is 9.59 Å². The summed E-state index contributed by atoms with van der Waals surface area (Å²) in [5.41, 5.74) is 3.83. The van der Waals surface area contributed by atoms with Crippen LogP contribution in [0.5, 0.6) is 0 Å². The first-order chi connectivity index (χ1) is 18.2. The number of pyridine rings is 1. The third-order valence-electron chi connectivity index (χ3n) is 5.76. The second-order valence-corrected chi connectivity index (χ2v) is 8.77. The van der Waals surface area contributed by atoms with Crippen molar-refractivity contribution in [3.05, 3.63) is 120 Å². The lowest BCUT2D eigenvalue weighted by molar-refractivity contribution is -0.112. The number of halogens is 1. The van der Waals surface area contributed by atoms with Crippen molar-refractivity contribution < 1.29 is 15.4 Å². The van der Waals surface area contributed by atoms with Crippen molar-refractivity contribution in [3.63, 3.8) is 0 Å². The van der Waals surface area contributed by atoms with Crippen molar-refractivity contribution in [2.24, 2.45) is 0 Å². The summed E-state index contributed by atoms with van der Waals surface area (Å²) in [5, 5.41) is 0. The number of anilines is 2. The van der Waals surface area contributed by atoms with Crippen LogP contribution in [0, 0.1) is 5.82 Å². The number of aromatic nitrogens is 1. The maximum atomic E-state index is 15.5. The summed E-state index contributed by atoms with van der Waals surface area (Å²) in [6, 6.07) is 22.6. The Kier molecular flexibility index (Phi) is 7.46. The topological polar surface area (TPSA) is 53.5 Å². The van der Waals surface area contributed by atoms with E-state index in [0.717, 1.165) is 11.3 Å². The highest BCUT2D eigenvalue weighted by atomic mass is 19.1. The predicted octanol–water partition coefficient (Wildman–Crippen LogP) is 6.40. The number of hydrogen-bond donors (Lipinski definition) is 0. The molecule has 1 heterocycles. The molecule has 6 heteroatoms. The number of allylic oxidation sites excluding steroid dienone is 1. The minimum Gasteiger partial charge on any atom is -0.378 e. The number of nitrogens with zero attached hydrogens (tertiary/aromatic N) is 3. The molecule has 0 fully saturated rings. The monoisotopic (exact) mass is 494 g/mol. The maximum absolute atomic E-state index is 15.5. The van der Waals surface area contributed by atoms with Crippen LogP contribution in [0.2, 0.25) is 0 Å². The molecule has 1 atom stereocenters. The average Bonchev–Trinajstić information content (AvgIpc) is 2.92. The van der Waals surface area contributed by atoms with Crippen molar-refractivity contribution >= 4 is 29.1 Å². The van der Waals surface area contributed by atoms with Crippen LogP contribution in [0.15, 0.2) is 97.3 Å². The van der Waals surface area contributed by atoms with Gasteiger partial charge in [-0.3, -0.25) is 14.6 Å². The van der Waals surface area contributed by atoms with Crippen LogP contribution >= 0.6 is 0 Å². The van der Waals surface area contributed by atoms with Gasteiger partial charge in [-0.1, -0.05) is 42.5 Å². The zero-order valence-corrected chi connectivity index (χ0v) is 20.9. The molecule has 0 aliphatic rings. The van der Waals surface area contributed by atoms with Crippen molar-refractivity contribution in [2.45, 2.75) is 13.4 Å². The van der Waals surface area contributed by atoms with Crippen LogP contribution in [0.1, 0.15) is 29.8 Å². The Labute approximate surface area is 217 Å². The van der Waals surface area contributed by atoms with Crippen LogP contribution < -0.4 is 9.80 Å². The van der Waals surface area contributed by atoms with Gasteiger partial charge in [0, 0.05) is 37.1 Å². The predicted molar refractivity (Wildman–Crippen MR) is 147 cm³/mol. The fraction of sp³-hybridized carbons (Fsp3) is 0.129. The Balaban J connectivity index is 1.73. The van der Waals surface area contributed by atoms with Crippen molar-refractivity contribution in [1.29, 1.82) is 0 Å². The highest BCUT2D eigenvalue weighted by Crippen LogP contribution is 2.27. The van der Waals surface area contributed by atoms with E-state index >= 15 is 4.39 Å². The molecule has 1 amide bonds. The first-order valence-corrected chi connectivity index (χ1v) is 11.8. The SMILES string of the molecule is [2H]C(c1ccc(-c2ccc(N(C)C)cc2)cc1F)N(C(=O)c1ccccc1)c1cncc(/C=C/C(C)=O)c1. The largest absolute Gasteiger partial charge is 0.378 e. The summed E-state index contributed by atoms with van der Waals surface area (Å²) in [6.07, 6.45) is 5.97. The molecule has 1 unspecified atom stereocenters. The molecular formula is C31H28FN3O2. The van der Waals surface area contributed by atoms with E-state index in [0.29, 0.717) is 22.4 Å². The molecule has 0 N–H and O–H groups in total. The molecular weight excluding hydrogens is 465 g/mol. The zero-order chi connectivity index (χ0) is 27.2. The highest BCUT2D eigenvalue weighted by molar-refractivity contribution is 6.06. The van der Waals surface area contributed by atoms with Crippen molar-refractivity contribution in [3.8, 4) is 11.1 Å². The molecule has 5 nitrogen and oxygen atoms in total. The van der Waals surface area contributed by atoms with Crippen LogP contribution in [-0.4, -0.2) is 30.8 Å². The molecule has 0 bridgehead atoms. The van der Waals surface area contributed by atoms with Gasteiger partial charge in [0.1, 0.15) is 5.82 Å². The molecule has 4 rings (SSSR count). The smallest absolute Gasteiger partial charge is 0.258 e. The van der Waals surface area contributed by atoms with E-state index in [1.165, 1.54) is 30.2 Å². The zero-order valence-electron chi connectivity index (χ0n) is 21.9. The second-order valence-electron chi connectivity index (χ2n) is 8.77. The summed E-state index contributed by atoms with van der Waals surface area (Å²) < 4.78 is 24.5. The van der Waals surface area contributed by atoms with Gasteiger partial charge in [-0.2, -0.15) is 0 Å². The van der Waals surface area contributed by atoms with E-state index in [1.54, 1.807) is 60.8 Å². The Morgan fingerprint density at radius 3 is 2.27 bits per heavy atom. The molecule has 1 aromatic heterocycles. The minimum atomic E-state index is -1.39. The summed E-state index contributed by atoms with van der Waals surface area (Å²) in [4.78, 5) is 32.4. The maximum Gasteiger partial charge on any atom is 0.258 e. The quantitative estimate of drug-likeness (QED) is 0.266. The summed E-state index contributed by atoms with van der Waals surface area (Å²) in [5.74, 6) is -1.20. The van der Waals surface area contributed by atoms with Crippen molar-refractivity contribution in [2.75, 3.05) is 23.9 Å². The van der Waals surface area contributed by atoms with E-state index < -0.39 is 18.2 Å². The Morgan fingerprint density at radius 2 is 1.62 bits per heavy atom. The van der Waals surface area contributed by atoms with Crippen LogP contribution in [-0.2, 0) is 11.3 Å². The van der Waals surface area contributed by atoms with Gasteiger partial charge in [-0.05, 0) is 72.2 Å². The molecule has 186 valence electrons. The van der Waals surface area contributed by atoms with Gasteiger partial charge in [0.25, 0.3) is 5.91 Å². The van der Waals surface area contributed by atoms with Gasteiger partial charge < -0.3 is 9.80 Å². The van der Waals surface area contributed by atoms with Gasteiger partial charge in [0.15, 0.2) is 5.78 Å². The summed E-state index contributed by atoms with van der Waals surface area (Å²) in [6.45, 7) is 0.0451. The normalized spacial score (nSPS) is 12.2. The van der Waals surface area contributed by atoms with Crippen LogP contribution in [0.25, 0.3) is 17.2 Å². The molecule has 0 aliphatic heterocycles. The fourth-order valence-electron chi connectivity index (χ4n) is 3.75. The first kappa shape index (κ1) is 24.1. The van der Waals surface area contributed by atoms with E-state index in [-0.39, 0.29) is 11.3 Å². The van der Waals surface area contributed by atoms with E-state index in [4.69, 9.17) is 1.37 Å². The Morgan fingerprint density at radius 1 is 0.919 bits per heavy atom. The van der Waals surface area contributed by atoms with E-state index in [2.05, 4.69) is 4.98 Å². The summed E-state index contributed by atoms with van der Waals surface area (Å²) >= 11 is 0. The average molecular weight is 495 g/mol. The van der Waals surface area contributed by atoms with E-state index in [1.807, 2.05) is 43.3 Å². The number of benzene rings is 3. The molecule has 0 saturated carbocycles. The third-order valence-corrected chi connectivity index (χ3v) is 5.76. The lowest BCUT2D eigenvalue weighted by Gasteiger charge is -2.24. The van der Waals surface area contributed by atoms with Crippen LogP contribution in [0.4, 0.5) is 15.8 Å². The Bertz CT molecular complexity index is 1470. The molecule has 37 heavy (non-hydrogen) atoms. The number of ketones is 1. The molecule has 0 aliphatic carbocycles. The number of hydrogen-bond acceptors (Lipinski definition) is 4. The van der Waals surface area contributed by atoms with Crippen LogP contribution in [0.3, 0.4) is 0 Å². The second kappa shape index (κ2) is 11.4. The Hall–Kier alpha value is -4.58. The standard InChI is InChI=1S/C31H28FN3O2/c1-22(36)9-10-23-17-29(20-33-19-23)35(31(37)25-7-5-4-6-8-25)21-27-12-11-26(18-30(27)32)24-13-15-28(16-14-24)34(2)3/h4-20H,21H2,1-3H3/b10-9+/i21D. The van der Waals surface area contributed by atoms with Gasteiger partial charge >= 0.3 is 0 Å². The number of amides is 1. The molecule has 4 aromatic rings. The van der Waals surface area contributed by atoms with Crippen molar-refractivity contribution in [1.82, 2.24) is 4.98 Å². The highest BCUT2D eigenvalue weighted by Gasteiger charge is 2.20. The molecule has 0 saturated heterocycles. The lowest BCUT2D eigenvalue weighted by Crippen LogP contribution is -2.31. The molecule has 0 spiro atoms.